The third-order valence-corrected chi connectivity index (χ3v) is 4.28. The summed E-state index contributed by atoms with van der Waals surface area (Å²) in [7, 11) is 3.16. The van der Waals surface area contributed by atoms with E-state index in [0.717, 1.165) is 11.3 Å². The minimum atomic E-state index is -0.0534. The topological polar surface area (TPSA) is 59.6 Å². The third kappa shape index (κ3) is 5.73. The van der Waals surface area contributed by atoms with E-state index in [1.807, 2.05) is 24.3 Å². The van der Waals surface area contributed by atoms with Crippen LogP contribution in [0.1, 0.15) is 12.0 Å². The van der Waals surface area contributed by atoms with Gasteiger partial charge in [-0.25, -0.2) is 0 Å². The second kappa shape index (κ2) is 9.39. The summed E-state index contributed by atoms with van der Waals surface area (Å²) in [6.07, 6.45) is 0.341. The van der Waals surface area contributed by atoms with Crippen molar-refractivity contribution in [2.75, 3.05) is 26.1 Å². The monoisotopic (exact) mass is 382 g/mol. The molecule has 25 heavy (non-hydrogen) atoms. The van der Waals surface area contributed by atoms with E-state index in [-0.39, 0.29) is 5.91 Å². The first-order chi connectivity index (χ1) is 12.0. The molecule has 2 aromatic carbocycles. The SMILES string of the molecule is COc1ccc(CNC(=O)CCNc2ccc(Cl)c(Cl)c2)cc1OC. The molecule has 0 heterocycles. The van der Waals surface area contributed by atoms with Crippen LogP contribution in [0.15, 0.2) is 36.4 Å². The van der Waals surface area contributed by atoms with Crippen molar-refractivity contribution in [3.05, 3.63) is 52.0 Å². The molecule has 5 nitrogen and oxygen atoms in total. The Morgan fingerprint density at radius 2 is 1.76 bits per heavy atom. The van der Waals surface area contributed by atoms with E-state index in [1.165, 1.54) is 0 Å². The van der Waals surface area contributed by atoms with Gasteiger partial charge in [0.1, 0.15) is 0 Å². The second-order valence-electron chi connectivity index (χ2n) is 5.27. The van der Waals surface area contributed by atoms with Crippen LogP contribution in [0.4, 0.5) is 5.69 Å². The van der Waals surface area contributed by atoms with Gasteiger partial charge in [-0.3, -0.25) is 4.79 Å². The zero-order valence-corrected chi connectivity index (χ0v) is 15.6. The summed E-state index contributed by atoms with van der Waals surface area (Å²) in [5, 5.41) is 6.98. The highest BCUT2D eigenvalue weighted by atomic mass is 35.5. The number of carbonyl (C=O) groups excluding carboxylic acids is 1. The number of ether oxygens (including phenoxy) is 2. The molecule has 0 aliphatic carbocycles. The molecule has 0 aliphatic heterocycles. The molecule has 2 aromatic rings. The van der Waals surface area contributed by atoms with E-state index < -0.39 is 0 Å². The predicted molar refractivity (Wildman–Crippen MR) is 101 cm³/mol. The van der Waals surface area contributed by atoms with Gasteiger partial charge < -0.3 is 20.1 Å². The van der Waals surface area contributed by atoms with Crippen molar-refractivity contribution in [1.29, 1.82) is 0 Å². The van der Waals surface area contributed by atoms with Crippen molar-refractivity contribution in [3.63, 3.8) is 0 Å². The summed E-state index contributed by atoms with van der Waals surface area (Å²) in [4.78, 5) is 12.0. The molecule has 0 aliphatic rings. The van der Waals surface area contributed by atoms with E-state index >= 15 is 0 Å². The number of hydrogen-bond acceptors (Lipinski definition) is 4. The van der Waals surface area contributed by atoms with Crippen LogP contribution >= 0.6 is 23.2 Å². The third-order valence-electron chi connectivity index (χ3n) is 3.54. The summed E-state index contributed by atoms with van der Waals surface area (Å²) < 4.78 is 10.4. The van der Waals surface area contributed by atoms with Gasteiger partial charge in [-0.05, 0) is 35.9 Å². The molecule has 0 bridgehead atoms. The van der Waals surface area contributed by atoms with E-state index in [9.17, 15) is 4.79 Å². The molecule has 2 N–H and O–H groups in total. The molecular formula is C18H20Cl2N2O3. The maximum absolute atomic E-state index is 12.0. The maximum Gasteiger partial charge on any atom is 0.222 e. The molecule has 7 heteroatoms. The molecule has 0 fully saturated rings. The summed E-state index contributed by atoms with van der Waals surface area (Å²) in [5.41, 5.74) is 1.76. The normalized spacial score (nSPS) is 10.2. The zero-order chi connectivity index (χ0) is 18.2. The van der Waals surface area contributed by atoms with Crippen molar-refractivity contribution in [3.8, 4) is 11.5 Å². The number of anilines is 1. The summed E-state index contributed by atoms with van der Waals surface area (Å²) in [6, 6.07) is 10.8. The molecule has 2 rings (SSSR count). The lowest BCUT2D eigenvalue weighted by atomic mass is 10.2. The van der Waals surface area contributed by atoms with Crippen molar-refractivity contribution in [1.82, 2.24) is 5.32 Å². The fraction of sp³-hybridized carbons (Fsp3) is 0.278. The fourth-order valence-electron chi connectivity index (χ4n) is 2.21. The Bertz CT molecular complexity index is 738. The van der Waals surface area contributed by atoms with Gasteiger partial charge in [-0.15, -0.1) is 0 Å². The minimum absolute atomic E-state index is 0.0534. The maximum atomic E-state index is 12.0. The standard InChI is InChI=1S/C18H20Cl2N2O3/c1-24-16-6-3-12(9-17(16)25-2)11-22-18(23)7-8-21-13-4-5-14(19)15(20)10-13/h3-6,9-10,21H,7-8,11H2,1-2H3,(H,22,23). The Hall–Kier alpha value is -2.11. The number of halogens is 2. The second-order valence-corrected chi connectivity index (χ2v) is 6.09. The van der Waals surface area contributed by atoms with Gasteiger partial charge in [-0.2, -0.15) is 0 Å². The first-order valence-electron chi connectivity index (χ1n) is 7.70. The van der Waals surface area contributed by atoms with Gasteiger partial charge in [0.15, 0.2) is 11.5 Å². The molecule has 1 amide bonds. The van der Waals surface area contributed by atoms with Crippen LogP contribution in [0.2, 0.25) is 10.0 Å². The quantitative estimate of drug-likeness (QED) is 0.720. The van der Waals surface area contributed by atoms with Gasteiger partial charge in [0, 0.05) is 25.2 Å². The van der Waals surface area contributed by atoms with Crippen LogP contribution in [-0.4, -0.2) is 26.7 Å². The fourth-order valence-corrected chi connectivity index (χ4v) is 2.50. The van der Waals surface area contributed by atoms with Gasteiger partial charge in [-0.1, -0.05) is 29.3 Å². The van der Waals surface area contributed by atoms with Crippen LogP contribution in [0.3, 0.4) is 0 Å². The van der Waals surface area contributed by atoms with Crippen LogP contribution in [0.5, 0.6) is 11.5 Å². The molecule has 0 saturated carbocycles. The highest BCUT2D eigenvalue weighted by Gasteiger charge is 2.06. The van der Waals surface area contributed by atoms with Crippen LogP contribution in [0.25, 0.3) is 0 Å². The van der Waals surface area contributed by atoms with Gasteiger partial charge >= 0.3 is 0 Å². The van der Waals surface area contributed by atoms with Crippen molar-refractivity contribution in [2.24, 2.45) is 0 Å². The molecule has 0 spiro atoms. The average Bonchev–Trinajstić information content (AvgIpc) is 2.62. The largest absolute Gasteiger partial charge is 0.493 e. The predicted octanol–water partition coefficient (Wildman–Crippen LogP) is 4.13. The summed E-state index contributed by atoms with van der Waals surface area (Å²) >= 11 is 11.8. The highest BCUT2D eigenvalue weighted by Crippen LogP contribution is 2.27. The first kappa shape index (κ1) is 19.2. The van der Waals surface area contributed by atoms with Gasteiger partial charge in [0.25, 0.3) is 0 Å². The Labute approximate surface area is 157 Å². The smallest absolute Gasteiger partial charge is 0.222 e. The number of benzene rings is 2. The van der Waals surface area contributed by atoms with Crippen LogP contribution in [-0.2, 0) is 11.3 Å². The lowest BCUT2D eigenvalue weighted by molar-refractivity contribution is -0.121. The molecule has 0 radical (unpaired) electrons. The van der Waals surface area contributed by atoms with Crippen molar-refractivity contribution >= 4 is 34.8 Å². The lowest BCUT2D eigenvalue weighted by Gasteiger charge is -2.11. The number of methoxy groups -OCH3 is 2. The molecule has 0 aromatic heterocycles. The Kier molecular flexibility index (Phi) is 7.22. The number of carbonyl (C=O) groups is 1. The average molecular weight is 383 g/mol. The highest BCUT2D eigenvalue weighted by molar-refractivity contribution is 6.42. The number of amides is 1. The van der Waals surface area contributed by atoms with Crippen molar-refractivity contribution in [2.45, 2.75) is 13.0 Å². The molecular weight excluding hydrogens is 363 g/mol. The van der Waals surface area contributed by atoms with E-state index in [1.54, 1.807) is 26.4 Å². The Balaban J connectivity index is 1.78. The minimum Gasteiger partial charge on any atom is -0.493 e. The van der Waals surface area contributed by atoms with Gasteiger partial charge in [0.05, 0.1) is 24.3 Å². The van der Waals surface area contributed by atoms with E-state index in [0.29, 0.717) is 41.1 Å². The first-order valence-corrected chi connectivity index (χ1v) is 8.45. The number of nitrogens with one attached hydrogen (secondary N) is 2. The zero-order valence-electron chi connectivity index (χ0n) is 14.1. The summed E-state index contributed by atoms with van der Waals surface area (Å²) in [5.74, 6) is 1.24. The molecule has 0 atom stereocenters. The van der Waals surface area contributed by atoms with E-state index in [4.69, 9.17) is 32.7 Å². The Morgan fingerprint density at radius 3 is 2.44 bits per heavy atom. The van der Waals surface area contributed by atoms with Crippen LogP contribution < -0.4 is 20.1 Å². The molecule has 0 unspecified atom stereocenters. The summed E-state index contributed by atoms with van der Waals surface area (Å²) in [6.45, 7) is 0.918. The Morgan fingerprint density at radius 1 is 1.00 bits per heavy atom. The van der Waals surface area contributed by atoms with E-state index in [2.05, 4.69) is 10.6 Å². The number of hydrogen-bond donors (Lipinski definition) is 2. The molecule has 0 saturated heterocycles. The van der Waals surface area contributed by atoms with Crippen LogP contribution in [0, 0.1) is 0 Å². The molecule has 134 valence electrons. The lowest BCUT2D eigenvalue weighted by Crippen LogP contribution is -2.24. The number of rotatable bonds is 8. The van der Waals surface area contributed by atoms with Crippen molar-refractivity contribution < 1.29 is 14.3 Å². The van der Waals surface area contributed by atoms with Gasteiger partial charge in [0.2, 0.25) is 5.91 Å².